The molecule has 0 N–H and O–H groups in total. The van der Waals surface area contributed by atoms with E-state index < -0.39 is 0 Å². The van der Waals surface area contributed by atoms with Gasteiger partial charge < -0.3 is 14.1 Å². The first-order chi connectivity index (χ1) is 15.4. The summed E-state index contributed by atoms with van der Waals surface area (Å²) in [5.41, 5.74) is 2.74. The first kappa shape index (κ1) is 21.7. The number of benzene rings is 2. The van der Waals surface area contributed by atoms with Crippen molar-refractivity contribution in [2.45, 2.75) is 19.9 Å². The fourth-order valence-electron chi connectivity index (χ4n) is 3.81. The summed E-state index contributed by atoms with van der Waals surface area (Å²) < 4.78 is 12.4. The van der Waals surface area contributed by atoms with Crippen LogP contribution >= 0.6 is 11.6 Å². The average Bonchev–Trinajstić information content (AvgIpc) is 3.39. The van der Waals surface area contributed by atoms with Gasteiger partial charge in [0.15, 0.2) is 0 Å². The second-order valence-corrected chi connectivity index (χ2v) is 8.04. The van der Waals surface area contributed by atoms with Crippen LogP contribution in [0.2, 0.25) is 5.02 Å². The number of furan rings is 1. The fourth-order valence-corrected chi connectivity index (χ4v) is 3.93. The molecule has 0 aliphatic carbocycles. The molecule has 0 radical (unpaired) electrons. The number of carbonyl (C=O) groups is 2. The maximum Gasteiger partial charge on any atom is 0.262 e. The third kappa shape index (κ3) is 4.14. The highest BCUT2D eigenvalue weighted by Crippen LogP contribution is 2.31. The van der Waals surface area contributed by atoms with Gasteiger partial charge in [-0.3, -0.25) is 14.2 Å². The minimum absolute atomic E-state index is 0.0784. The summed E-state index contributed by atoms with van der Waals surface area (Å²) in [4.78, 5) is 28.0. The average molecular weight is 451 g/mol. The van der Waals surface area contributed by atoms with Crippen LogP contribution in [0.4, 0.5) is 0 Å². The Labute approximate surface area is 190 Å². The summed E-state index contributed by atoms with van der Waals surface area (Å²) in [5, 5.41) is 1.37. The largest absolute Gasteiger partial charge is 0.497 e. The molecule has 0 spiro atoms. The third-order valence-electron chi connectivity index (χ3n) is 5.56. The number of fused-ring (bicyclic) bond motifs is 1. The number of rotatable bonds is 6. The van der Waals surface area contributed by atoms with Crippen LogP contribution in [0, 0.1) is 6.92 Å². The lowest BCUT2D eigenvalue weighted by Gasteiger charge is -2.16. The van der Waals surface area contributed by atoms with E-state index in [1.165, 1.54) is 0 Å². The monoisotopic (exact) mass is 450 g/mol. The van der Waals surface area contributed by atoms with Gasteiger partial charge in [0.25, 0.3) is 5.91 Å². The van der Waals surface area contributed by atoms with E-state index in [1.54, 1.807) is 60.2 Å². The Bertz CT molecular complexity index is 1270. The van der Waals surface area contributed by atoms with Gasteiger partial charge in [-0.1, -0.05) is 11.6 Å². The molecule has 32 heavy (non-hydrogen) atoms. The molecule has 0 bridgehead atoms. The van der Waals surface area contributed by atoms with Gasteiger partial charge in [0, 0.05) is 28.7 Å². The highest BCUT2D eigenvalue weighted by atomic mass is 35.5. The van der Waals surface area contributed by atoms with E-state index in [9.17, 15) is 9.59 Å². The van der Waals surface area contributed by atoms with Crippen molar-refractivity contribution < 1.29 is 18.7 Å². The molecular weight excluding hydrogens is 428 g/mol. The van der Waals surface area contributed by atoms with Gasteiger partial charge in [-0.2, -0.15) is 0 Å². The summed E-state index contributed by atoms with van der Waals surface area (Å²) in [6.45, 7) is 2.23. The number of halogens is 1. The van der Waals surface area contributed by atoms with E-state index in [2.05, 4.69) is 0 Å². The third-order valence-corrected chi connectivity index (χ3v) is 5.81. The highest BCUT2D eigenvalue weighted by Gasteiger charge is 2.23. The van der Waals surface area contributed by atoms with Crippen LogP contribution in [0.5, 0.6) is 5.75 Å². The van der Waals surface area contributed by atoms with Gasteiger partial charge in [0.2, 0.25) is 5.91 Å². The molecule has 4 rings (SSSR count). The van der Waals surface area contributed by atoms with Gasteiger partial charge in [0.1, 0.15) is 11.5 Å². The maximum atomic E-state index is 13.4. The first-order valence-electron chi connectivity index (χ1n) is 10.1. The van der Waals surface area contributed by atoms with Crippen LogP contribution in [-0.2, 0) is 17.8 Å². The Morgan fingerprint density at radius 1 is 1.12 bits per heavy atom. The number of nitrogens with zero attached hydrogens (tertiary/aromatic N) is 2. The Kier molecular flexibility index (Phi) is 6.06. The SMILES string of the molecule is COc1ccc2c(c1)c(CC(=O)N(C)Cc1ccco1)c(C)n2C(=O)c1ccc(Cl)cc1. The van der Waals surface area contributed by atoms with Gasteiger partial charge in [0.05, 0.1) is 31.9 Å². The standard InChI is InChI=1S/C25H23ClN2O4/c1-16-21(14-24(29)27(2)15-20-5-4-12-32-20)22-13-19(31-3)10-11-23(22)28(16)25(30)17-6-8-18(26)9-7-17/h4-13H,14-15H2,1-3H3. The Morgan fingerprint density at radius 3 is 2.53 bits per heavy atom. The summed E-state index contributed by atoms with van der Waals surface area (Å²) in [6, 6.07) is 15.9. The van der Waals surface area contributed by atoms with Crippen molar-refractivity contribution in [3.8, 4) is 5.75 Å². The van der Waals surface area contributed by atoms with E-state index in [1.807, 2.05) is 31.2 Å². The van der Waals surface area contributed by atoms with Crippen molar-refractivity contribution in [1.29, 1.82) is 0 Å². The van der Waals surface area contributed by atoms with E-state index in [0.29, 0.717) is 34.3 Å². The first-order valence-corrected chi connectivity index (χ1v) is 10.5. The second-order valence-electron chi connectivity index (χ2n) is 7.60. The Morgan fingerprint density at radius 2 is 1.88 bits per heavy atom. The van der Waals surface area contributed by atoms with Crippen molar-refractivity contribution in [3.63, 3.8) is 0 Å². The van der Waals surface area contributed by atoms with Crippen LogP contribution < -0.4 is 4.74 Å². The van der Waals surface area contributed by atoms with E-state index in [-0.39, 0.29) is 18.2 Å². The molecule has 0 fully saturated rings. The Balaban J connectivity index is 1.74. The minimum atomic E-state index is -0.183. The number of amides is 1. The molecule has 6 nitrogen and oxygen atoms in total. The van der Waals surface area contributed by atoms with E-state index in [0.717, 1.165) is 16.5 Å². The number of likely N-dealkylation sites (N-methyl/N-ethyl adjacent to an activating group) is 1. The summed E-state index contributed by atoms with van der Waals surface area (Å²) in [7, 11) is 3.32. The second kappa shape index (κ2) is 8.93. The predicted octanol–water partition coefficient (Wildman–Crippen LogP) is 5.09. The molecule has 2 aromatic carbocycles. The zero-order valence-electron chi connectivity index (χ0n) is 18.1. The smallest absolute Gasteiger partial charge is 0.262 e. The van der Waals surface area contributed by atoms with Gasteiger partial charge in [-0.25, -0.2) is 0 Å². The molecule has 0 saturated heterocycles. The van der Waals surface area contributed by atoms with E-state index in [4.69, 9.17) is 20.8 Å². The van der Waals surface area contributed by atoms with Crippen molar-refractivity contribution in [2.24, 2.45) is 0 Å². The number of ether oxygens (including phenoxy) is 1. The molecule has 2 aromatic heterocycles. The molecule has 1 amide bonds. The molecular formula is C25H23ClN2O4. The van der Waals surface area contributed by atoms with Crippen LogP contribution in [-0.4, -0.2) is 35.4 Å². The molecule has 4 aromatic rings. The molecule has 2 heterocycles. The molecule has 0 aliphatic heterocycles. The van der Waals surface area contributed by atoms with Gasteiger partial charge in [-0.15, -0.1) is 0 Å². The molecule has 0 aliphatic rings. The topological polar surface area (TPSA) is 64.7 Å². The summed E-state index contributed by atoms with van der Waals surface area (Å²) >= 11 is 5.98. The van der Waals surface area contributed by atoms with Crippen LogP contribution in [0.1, 0.15) is 27.4 Å². The molecule has 0 saturated carbocycles. The van der Waals surface area contributed by atoms with Crippen molar-refractivity contribution >= 4 is 34.3 Å². The number of aromatic nitrogens is 1. The van der Waals surface area contributed by atoms with Crippen molar-refractivity contribution in [3.05, 3.63) is 88.5 Å². The molecule has 164 valence electrons. The Hall–Kier alpha value is -3.51. The van der Waals surface area contributed by atoms with Crippen LogP contribution in [0.15, 0.2) is 65.3 Å². The maximum absolute atomic E-state index is 13.4. The number of methoxy groups -OCH3 is 1. The van der Waals surface area contributed by atoms with Crippen molar-refractivity contribution in [2.75, 3.05) is 14.2 Å². The van der Waals surface area contributed by atoms with E-state index >= 15 is 0 Å². The minimum Gasteiger partial charge on any atom is -0.497 e. The van der Waals surface area contributed by atoms with Crippen LogP contribution in [0.3, 0.4) is 0 Å². The zero-order chi connectivity index (χ0) is 22.8. The normalized spacial score (nSPS) is 11.0. The number of hydrogen-bond acceptors (Lipinski definition) is 4. The number of hydrogen-bond donors (Lipinski definition) is 0. The lowest BCUT2D eigenvalue weighted by molar-refractivity contribution is -0.129. The van der Waals surface area contributed by atoms with Gasteiger partial charge >= 0.3 is 0 Å². The quantitative estimate of drug-likeness (QED) is 0.410. The summed E-state index contributed by atoms with van der Waals surface area (Å²) in [5.74, 6) is 1.10. The van der Waals surface area contributed by atoms with Crippen molar-refractivity contribution in [1.82, 2.24) is 9.47 Å². The highest BCUT2D eigenvalue weighted by molar-refractivity contribution is 6.30. The lowest BCUT2D eigenvalue weighted by Crippen LogP contribution is -2.27. The fraction of sp³-hybridized carbons (Fsp3) is 0.200. The molecule has 0 unspecified atom stereocenters. The van der Waals surface area contributed by atoms with Gasteiger partial charge in [-0.05, 0) is 67.1 Å². The lowest BCUT2D eigenvalue weighted by atomic mass is 10.1. The van der Waals surface area contributed by atoms with Crippen LogP contribution in [0.25, 0.3) is 10.9 Å². The molecule has 7 heteroatoms. The molecule has 0 atom stereocenters. The summed E-state index contributed by atoms with van der Waals surface area (Å²) in [6.07, 6.45) is 1.73. The number of carbonyl (C=O) groups excluding carboxylic acids is 2. The zero-order valence-corrected chi connectivity index (χ0v) is 18.8. The predicted molar refractivity (Wildman–Crippen MR) is 123 cm³/mol.